The predicted octanol–water partition coefficient (Wildman–Crippen LogP) is 4.01. The Labute approximate surface area is 136 Å². The summed E-state index contributed by atoms with van der Waals surface area (Å²) >= 11 is 5.87. The Balaban J connectivity index is 2.07. The van der Waals surface area contributed by atoms with E-state index in [-0.39, 0.29) is 6.04 Å². The maximum Gasteiger partial charge on any atom is 0.243 e. The Bertz CT molecular complexity index is 753. The Kier molecular flexibility index (Phi) is 4.71. The summed E-state index contributed by atoms with van der Waals surface area (Å²) < 4.78 is 28.0. The molecular formula is C17H20ClNO2S. The molecule has 0 bridgehead atoms. The largest absolute Gasteiger partial charge is 0.243 e. The first kappa shape index (κ1) is 15.8. The normalized spacial score (nSPS) is 20.3. The summed E-state index contributed by atoms with van der Waals surface area (Å²) in [7, 11) is -3.49. The van der Waals surface area contributed by atoms with Crippen LogP contribution >= 0.6 is 11.6 Å². The molecule has 1 saturated heterocycles. The zero-order chi connectivity index (χ0) is 15.6. The molecule has 0 N–H and O–H groups in total. The lowest BCUT2D eigenvalue weighted by Gasteiger charge is -2.34. The molecule has 0 aliphatic carbocycles. The van der Waals surface area contributed by atoms with Crippen LogP contribution in [0.3, 0.4) is 0 Å². The van der Waals surface area contributed by atoms with Gasteiger partial charge in [-0.25, -0.2) is 8.42 Å². The number of nitrogens with zero attached hydrogens (tertiary/aromatic N) is 1. The van der Waals surface area contributed by atoms with E-state index >= 15 is 0 Å². The zero-order valence-corrected chi connectivity index (χ0v) is 14.0. The van der Waals surface area contributed by atoms with Crippen molar-refractivity contribution in [1.29, 1.82) is 0 Å². The second kappa shape index (κ2) is 6.57. The molecule has 0 saturated carbocycles. The zero-order valence-electron chi connectivity index (χ0n) is 12.4. The first-order valence-electron chi connectivity index (χ1n) is 7.70. The van der Waals surface area contributed by atoms with Gasteiger partial charge in [0, 0.05) is 23.9 Å². The van der Waals surface area contributed by atoms with Crippen molar-refractivity contribution in [1.82, 2.24) is 4.31 Å². The maximum atomic E-state index is 13.2. The number of hydrogen-bond acceptors (Lipinski definition) is 2. The molecule has 0 radical (unpaired) electrons. The third-order valence-corrected chi connectivity index (χ3v) is 6.58. The van der Waals surface area contributed by atoms with Crippen molar-refractivity contribution in [2.45, 2.75) is 36.6 Å². The molecule has 1 heterocycles. The van der Waals surface area contributed by atoms with Gasteiger partial charge in [-0.3, -0.25) is 0 Å². The van der Waals surface area contributed by atoms with Gasteiger partial charge >= 0.3 is 0 Å². The van der Waals surface area contributed by atoms with Crippen LogP contribution in [0, 0.1) is 0 Å². The highest BCUT2D eigenvalue weighted by Gasteiger charge is 2.33. The molecule has 1 aliphatic heterocycles. The number of fused-ring (bicyclic) bond motifs is 1. The summed E-state index contributed by atoms with van der Waals surface area (Å²) in [5.41, 5.74) is 0. The summed E-state index contributed by atoms with van der Waals surface area (Å²) in [5, 5.41) is 1.75. The Morgan fingerprint density at radius 3 is 2.68 bits per heavy atom. The van der Waals surface area contributed by atoms with Crippen LogP contribution in [0.5, 0.6) is 0 Å². The SMILES string of the molecule is O=S(=O)(c1cccc2ccccc12)N1CCCCC1CCCl. The average Bonchev–Trinajstić information content (AvgIpc) is 2.55. The van der Waals surface area contributed by atoms with Crippen molar-refractivity contribution in [2.75, 3.05) is 12.4 Å². The fourth-order valence-corrected chi connectivity index (χ4v) is 5.44. The Hall–Kier alpha value is -1.10. The number of hydrogen-bond donors (Lipinski definition) is 0. The lowest BCUT2D eigenvalue weighted by atomic mass is 10.0. The topological polar surface area (TPSA) is 37.4 Å². The number of rotatable bonds is 4. The lowest BCUT2D eigenvalue weighted by molar-refractivity contribution is 0.247. The van der Waals surface area contributed by atoms with E-state index in [1.807, 2.05) is 36.4 Å². The van der Waals surface area contributed by atoms with Gasteiger partial charge < -0.3 is 0 Å². The highest BCUT2D eigenvalue weighted by Crippen LogP contribution is 2.31. The van der Waals surface area contributed by atoms with Crippen molar-refractivity contribution >= 4 is 32.4 Å². The molecule has 0 aromatic heterocycles. The number of sulfonamides is 1. The van der Waals surface area contributed by atoms with Crippen LogP contribution in [-0.4, -0.2) is 31.2 Å². The minimum absolute atomic E-state index is 0.0234. The van der Waals surface area contributed by atoms with Crippen LogP contribution < -0.4 is 0 Å². The van der Waals surface area contributed by atoms with Gasteiger partial charge in [0.2, 0.25) is 10.0 Å². The summed E-state index contributed by atoms with van der Waals surface area (Å²) in [6, 6.07) is 13.1. The maximum absolute atomic E-state index is 13.2. The molecule has 2 aromatic rings. The van der Waals surface area contributed by atoms with Gasteiger partial charge in [-0.15, -0.1) is 11.6 Å². The molecule has 2 aromatic carbocycles. The summed E-state index contributed by atoms with van der Waals surface area (Å²) in [5.74, 6) is 0.492. The van der Waals surface area contributed by atoms with Crippen LogP contribution in [0.2, 0.25) is 0 Å². The average molecular weight is 338 g/mol. The smallest absolute Gasteiger partial charge is 0.207 e. The second-order valence-electron chi connectivity index (χ2n) is 5.72. The van der Waals surface area contributed by atoms with E-state index in [4.69, 9.17) is 11.6 Å². The Morgan fingerprint density at radius 2 is 1.86 bits per heavy atom. The minimum Gasteiger partial charge on any atom is -0.207 e. The molecule has 0 amide bonds. The third-order valence-electron chi connectivity index (χ3n) is 4.35. The molecule has 1 atom stereocenters. The van der Waals surface area contributed by atoms with Gasteiger partial charge in [-0.1, -0.05) is 42.8 Å². The summed E-state index contributed by atoms with van der Waals surface area (Å²) in [6.45, 7) is 0.590. The molecular weight excluding hydrogens is 318 g/mol. The number of piperidine rings is 1. The van der Waals surface area contributed by atoms with Crippen LogP contribution in [-0.2, 0) is 10.0 Å². The van der Waals surface area contributed by atoms with E-state index in [0.29, 0.717) is 23.7 Å². The van der Waals surface area contributed by atoms with Gasteiger partial charge in [-0.2, -0.15) is 4.31 Å². The van der Waals surface area contributed by atoms with Crippen molar-refractivity contribution < 1.29 is 8.42 Å². The lowest BCUT2D eigenvalue weighted by Crippen LogP contribution is -2.43. The van der Waals surface area contributed by atoms with Gasteiger partial charge in [0.05, 0.1) is 4.90 Å². The standard InChI is InChI=1S/C17H20ClNO2S/c18-12-11-15-8-3-4-13-19(15)22(20,21)17-10-5-7-14-6-1-2-9-16(14)17/h1-2,5-7,9-10,15H,3-4,8,11-13H2. The molecule has 0 spiro atoms. The number of alkyl halides is 1. The van der Waals surface area contributed by atoms with Crippen molar-refractivity contribution in [3.63, 3.8) is 0 Å². The molecule has 1 aliphatic rings. The van der Waals surface area contributed by atoms with Crippen molar-refractivity contribution in [3.8, 4) is 0 Å². The summed E-state index contributed by atoms with van der Waals surface area (Å²) in [4.78, 5) is 0.409. The monoisotopic (exact) mass is 337 g/mol. The molecule has 22 heavy (non-hydrogen) atoms. The van der Waals surface area contributed by atoms with E-state index in [1.54, 1.807) is 10.4 Å². The van der Waals surface area contributed by atoms with E-state index in [9.17, 15) is 8.42 Å². The highest BCUT2D eigenvalue weighted by atomic mass is 35.5. The van der Waals surface area contributed by atoms with Crippen LogP contribution in [0.25, 0.3) is 10.8 Å². The van der Waals surface area contributed by atoms with Crippen LogP contribution in [0.4, 0.5) is 0 Å². The molecule has 3 rings (SSSR count). The minimum atomic E-state index is -3.49. The first-order valence-corrected chi connectivity index (χ1v) is 9.67. The van der Waals surface area contributed by atoms with Crippen LogP contribution in [0.1, 0.15) is 25.7 Å². The highest BCUT2D eigenvalue weighted by molar-refractivity contribution is 7.89. The summed E-state index contributed by atoms with van der Waals surface area (Å²) in [6.07, 6.45) is 3.61. The molecule has 118 valence electrons. The van der Waals surface area contributed by atoms with Gasteiger partial charge in [0.25, 0.3) is 0 Å². The number of benzene rings is 2. The predicted molar refractivity (Wildman–Crippen MR) is 90.8 cm³/mol. The third kappa shape index (κ3) is 2.87. The molecule has 1 fully saturated rings. The van der Waals surface area contributed by atoms with Gasteiger partial charge in [0.1, 0.15) is 0 Å². The first-order chi connectivity index (χ1) is 10.6. The van der Waals surface area contributed by atoms with E-state index in [0.717, 1.165) is 30.0 Å². The Morgan fingerprint density at radius 1 is 1.09 bits per heavy atom. The molecule has 1 unspecified atom stereocenters. The second-order valence-corrected chi connectivity index (χ2v) is 7.96. The number of halogens is 1. The fraction of sp³-hybridized carbons (Fsp3) is 0.412. The van der Waals surface area contributed by atoms with E-state index < -0.39 is 10.0 Å². The molecule has 5 heteroatoms. The van der Waals surface area contributed by atoms with Gasteiger partial charge in [-0.05, 0) is 30.7 Å². The van der Waals surface area contributed by atoms with E-state index in [2.05, 4.69) is 0 Å². The van der Waals surface area contributed by atoms with Crippen molar-refractivity contribution in [2.24, 2.45) is 0 Å². The van der Waals surface area contributed by atoms with Crippen LogP contribution in [0.15, 0.2) is 47.4 Å². The van der Waals surface area contributed by atoms with E-state index in [1.165, 1.54) is 0 Å². The van der Waals surface area contributed by atoms with Crippen molar-refractivity contribution in [3.05, 3.63) is 42.5 Å². The fourth-order valence-electron chi connectivity index (χ4n) is 3.25. The quantitative estimate of drug-likeness (QED) is 0.790. The van der Waals surface area contributed by atoms with Gasteiger partial charge in [0.15, 0.2) is 0 Å². The molecule has 3 nitrogen and oxygen atoms in total.